The van der Waals surface area contributed by atoms with Crippen molar-refractivity contribution in [3.05, 3.63) is 59.7 Å². The first kappa shape index (κ1) is 17.6. The van der Waals surface area contributed by atoms with E-state index in [9.17, 15) is 13.2 Å². The van der Waals surface area contributed by atoms with Crippen LogP contribution in [0.15, 0.2) is 53.4 Å². The van der Waals surface area contributed by atoms with Gasteiger partial charge in [-0.1, -0.05) is 24.3 Å². The number of amides is 1. The molecule has 1 aliphatic carbocycles. The van der Waals surface area contributed by atoms with Gasteiger partial charge in [-0.3, -0.25) is 4.79 Å². The minimum atomic E-state index is -3.61. The summed E-state index contributed by atoms with van der Waals surface area (Å²) < 4.78 is 27.5. The van der Waals surface area contributed by atoms with Gasteiger partial charge in [0.05, 0.1) is 4.90 Å². The molecule has 0 unspecified atom stereocenters. The number of rotatable bonds is 4. The Morgan fingerprint density at radius 3 is 2.48 bits per heavy atom. The van der Waals surface area contributed by atoms with Crippen molar-refractivity contribution in [2.45, 2.75) is 37.1 Å². The molecule has 2 aromatic rings. The maximum Gasteiger partial charge on any atom is 0.243 e. The maximum atomic E-state index is 13.0. The normalized spacial score (nSPS) is 17.2. The van der Waals surface area contributed by atoms with Crippen LogP contribution in [-0.2, 0) is 21.2 Å². The number of carbonyl (C=O) groups excluding carboxylic acids is 1. The van der Waals surface area contributed by atoms with Crippen LogP contribution >= 0.6 is 0 Å². The number of hydrogen-bond donors (Lipinski definition) is 1. The van der Waals surface area contributed by atoms with E-state index < -0.39 is 10.0 Å². The van der Waals surface area contributed by atoms with Crippen molar-refractivity contribution >= 4 is 21.6 Å². The summed E-state index contributed by atoms with van der Waals surface area (Å²) in [5.74, 6) is -0.188. The highest BCUT2D eigenvalue weighted by Gasteiger charge is 2.31. The third-order valence-corrected chi connectivity index (χ3v) is 6.51. The van der Waals surface area contributed by atoms with Crippen molar-refractivity contribution in [1.29, 1.82) is 0 Å². The molecule has 1 aliphatic rings. The zero-order valence-electron chi connectivity index (χ0n) is 14.4. The van der Waals surface area contributed by atoms with Gasteiger partial charge in [-0.2, -0.15) is 4.31 Å². The van der Waals surface area contributed by atoms with Crippen LogP contribution in [0, 0.1) is 0 Å². The summed E-state index contributed by atoms with van der Waals surface area (Å²) in [7, 11) is -1.96. The second kappa shape index (κ2) is 6.98. The van der Waals surface area contributed by atoms with E-state index in [1.54, 1.807) is 19.2 Å². The number of benzene rings is 2. The molecule has 0 saturated carbocycles. The standard InChI is InChI=1S/C19H22N2O3S/c1-14(22)20-16-10-12-17(13-11-16)25(23,24)21(2)19-9-5-7-15-6-3-4-8-18(15)19/h3-4,6,8,10-13,19H,5,7,9H2,1-2H3,(H,20,22)/t19-/m1/s1. The SMILES string of the molecule is CC(=O)Nc1ccc(S(=O)(=O)N(C)[C@@H]2CCCc3ccccc32)cc1. The molecule has 0 bridgehead atoms. The summed E-state index contributed by atoms with van der Waals surface area (Å²) >= 11 is 0. The Morgan fingerprint density at radius 1 is 1.12 bits per heavy atom. The number of anilines is 1. The Labute approximate surface area is 148 Å². The minimum Gasteiger partial charge on any atom is -0.326 e. The number of hydrogen-bond acceptors (Lipinski definition) is 3. The molecular weight excluding hydrogens is 336 g/mol. The van der Waals surface area contributed by atoms with Gasteiger partial charge in [0.2, 0.25) is 15.9 Å². The first-order valence-corrected chi connectivity index (χ1v) is 9.77. The van der Waals surface area contributed by atoms with Crippen LogP contribution in [0.5, 0.6) is 0 Å². The summed E-state index contributed by atoms with van der Waals surface area (Å²) in [6.07, 6.45) is 2.78. The molecule has 132 valence electrons. The fourth-order valence-corrected chi connectivity index (χ4v) is 4.72. The van der Waals surface area contributed by atoms with Crippen molar-refractivity contribution in [3.8, 4) is 0 Å². The maximum absolute atomic E-state index is 13.0. The highest BCUT2D eigenvalue weighted by atomic mass is 32.2. The van der Waals surface area contributed by atoms with E-state index in [4.69, 9.17) is 0 Å². The molecule has 3 rings (SSSR count). The molecule has 0 aromatic heterocycles. The van der Waals surface area contributed by atoms with Crippen LogP contribution in [0.2, 0.25) is 0 Å². The topological polar surface area (TPSA) is 66.5 Å². The molecule has 2 aromatic carbocycles. The second-order valence-corrected chi connectivity index (χ2v) is 8.33. The van der Waals surface area contributed by atoms with Gasteiger partial charge in [-0.25, -0.2) is 8.42 Å². The van der Waals surface area contributed by atoms with E-state index in [1.807, 2.05) is 18.2 Å². The summed E-state index contributed by atoms with van der Waals surface area (Å²) in [4.78, 5) is 11.3. The highest BCUT2D eigenvalue weighted by Crippen LogP contribution is 2.36. The largest absolute Gasteiger partial charge is 0.326 e. The molecule has 0 spiro atoms. The van der Waals surface area contributed by atoms with E-state index in [-0.39, 0.29) is 16.8 Å². The Morgan fingerprint density at radius 2 is 1.80 bits per heavy atom. The summed E-state index contributed by atoms with van der Waals surface area (Å²) in [5.41, 5.74) is 2.90. The summed E-state index contributed by atoms with van der Waals surface area (Å²) in [6, 6.07) is 14.2. The first-order valence-electron chi connectivity index (χ1n) is 8.33. The van der Waals surface area contributed by atoms with E-state index in [2.05, 4.69) is 11.4 Å². The van der Waals surface area contributed by atoms with Crippen LogP contribution in [0.4, 0.5) is 5.69 Å². The van der Waals surface area contributed by atoms with Crippen LogP contribution < -0.4 is 5.32 Å². The van der Waals surface area contributed by atoms with Crippen molar-refractivity contribution < 1.29 is 13.2 Å². The second-order valence-electron chi connectivity index (χ2n) is 6.33. The number of nitrogens with zero attached hydrogens (tertiary/aromatic N) is 1. The zero-order chi connectivity index (χ0) is 18.0. The molecule has 25 heavy (non-hydrogen) atoms. The highest BCUT2D eigenvalue weighted by molar-refractivity contribution is 7.89. The summed E-state index contributed by atoms with van der Waals surface area (Å²) in [6.45, 7) is 1.42. The lowest BCUT2D eigenvalue weighted by molar-refractivity contribution is -0.114. The Hall–Kier alpha value is -2.18. The molecule has 0 aliphatic heterocycles. The number of fused-ring (bicyclic) bond motifs is 1. The van der Waals surface area contributed by atoms with E-state index in [0.717, 1.165) is 24.8 Å². The summed E-state index contributed by atoms with van der Waals surface area (Å²) in [5, 5.41) is 2.64. The lowest BCUT2D eigenvalue weighted by Gasteiger charge is -2.32. The molecule has 0 fully saturated rings. The number of sulfonamides is 1. The van der Waals surface area contributed by atoms with Crippen LogP contribution in [0.25, 0.3) is 0 Å². The van der Waals surface area contributed by atoms with E-state index in [0.29, 0.717) is 5.69 Å². The lowest BCUT2D eigenvalue weighted by atomic mass is 9.88. The molecule has 0 saturated heterocycles. The van der Waals surface area contributed by atoms with Gasteiger partial charge in [0.25, 0.3) is 0 Å². The smallest absolute Gasteiger partial charge is 0.243 e. The average Bonchev–Trinajstić information content (AvgIpc) is 2.60. The van der Waals surface area contributed by atoms with E-state index in [1.165, 1.54) is 28.9 Å². The zero-order valence-corrected chi connectivity index (χ0v) is 15.2. The lowest BCUT2D eigenvalue weighted by Crippen LogP contribution is -2.33. The predicted octanol–water partition coefficient (Wildman–Crippen LogP) is 3.34. The Bertz CT molecular complexity index is 876. The van der Waals surface area contributed by atoms with Gasteiger partial charge in [-0.05, 0) is 54.7 Å². The number of aryl methyl sites for hydroxylation is 1. The Balaban J connectivity index is 1.89. The van der Waals surface area contributed by atoms with Crippen molar-refractivity contribution in [2.24, 2.45) is 0 Å². The first-order chi connectivity index (χ1) is 11.9. The number of carbonyl (C=O) groups is 1. The number of nitrogens with one attached hydrogen (secondary N) is 1. The van der Waals surface area contributed by atoms with Crippen LogP contribution in [0.1, 0.15) is 36.9 Å². The van der Waals surface area contributed by atoms with Gasteiger partial charge in [0, 0.05) is 25.7 Å². The quantitative estimate of drug-likeness (QED) is 0.911. The molecule has 1 amide bonds. The van der Waals surface area contributed by atoms with Gasteiger partial charge < -0.3 is 5.32 Å². The van der Waals surface area contributed by atoms with Gasteiger partial charge in [0.15, 0.2) is 0 Å². The third-order valence-electron chi connectivity index (χ3n) is 4.63. The predicted molar refractivity (Wildman–Crippen MR) is 97.8 cm³/mol. The monoisotopic (exact) mass is 358 g/mol. The molecule has 1 N–H and O–H groups in total. The fourth-order valence-electron chi connectivity index (χ4n) is 3.35. The van der Waals surface area contributed by atoms with Crippen molar-refractivity contribution in [1.82, 2.24) is 4.31 Å². The van der Waals surface area contributed by atoms with Crippen LogP contribution in [-0.4, -0.2) is 25.7 Å². The molecule has 0 heterocycles. The van der Waals surface area contributed by atoms with Gasteiger partial charge in [-0.15, -0.1) is 0 Å². The van der Waals surface area contributed by atoms with Gasteiger partial charge in [0.1, 0.15) is 0 Å². The molecule has 5 nitrogen and oxygen atoms in total. The van der Waals surface area contributed by atoms with Crippen molar-refractivity contribution in [3.63, 3.8) is 0 Å². The molecule has 1 atom stereocenters. The molecule has 6 heteroatoms. The van der Waals surface area contributed by atoms with Crippen molar-refractivity contribution in [2.75, 3.05) is 12.4 Å². The minimum absolute atomic E-state index is 0.148. The third kappa shape index (κ3) is 3.60. The molecular formula is C19H22N2O3S. The fraction of sp³-hybridized carbons (Fsp3) is 0.316. The van der Waals surface area contributed by atoms with Gasteiger partial charge >= 0.3 is 0 Å². The van der Waals surface area contributed by atoms with Crippen LogP contribution in [0.3, 0.4) is 0 Å². The average molecular weight is 358 g/mol. The van der Waals surface area contributed by atoms with E-state index >= 15 is 0 Å². The Kier molecular flexibility index (Phi) is 4.92. The molecule has 0 radical (unpaired) electrons.